The first-order valence-corrected chi connectivity index (χ1v) is 16.8. The van der Waals surface area contributed by atoms with Crippen LogP contribution in [0, 0.1) is 32.9 Å². The molecule has 0 saturated carbocycles. The predicted octanol–water partition coefficient (Wildman–Crippen LogP) is 12.1. The maximum atomic E-state index is 6.43. The fourth-order valence-electron chi connectivity index (χ4n) is 6.22. The molecule has 3 nitrogen and oxygen atoms in total. The van der Waals surface area contributed by atoms with Crippen molar-refractivity contribution in [2.45, 2.75) is 47.0 Å². The van der Waals surface area contributed by atoms with Crippen LogP contribution in [0.1, 0.15) is 43.0 Å². The van der Waals surface area contributed by atoms with Crippen molar-refractivity contribution in [3.63, 3.8) is 0 Å². The summed E-state index contributed by atoms with van der Waals surface area (Å²) < 4.78 is 7.67. The summed E-state index contributed by atoms with van der Waals surface area (Å²) in [6.45, 7) is 13.2. The first-order chi connectivity index (χ1) is 22.7. The number of aromatic nitrogens is 2. The molecule has 1 radical (unpaired) electrons. The molecule has 0 amide bonds. The minimum absolute atomic E-state index is 0. The zero-order valence-corrected chi connectivity index (χ0v) is 31.1. The van der Waals surface area contributed by atoms with Gasteiger partial charge in [0.25, 0.3) is 0 Å². The van der Waals surface area contributed by atoms with E-state index in [1.54, 1.807) is 11.3 Å². The first kappa shape index (κ1) is 33.5. The molecule has 241 valence electrons. The normalized spacial score (nSPS) is 11.4. The summed E-state index contributed by atoms with van der Waals surface area (Å²) in [6, 6.07) is 37.8. The topological polar surface area (TPSA) is 38.9 Å². The molecule has 4 aromatic carbocycles. The Morgan fingerprint density at radius 2 is 1.52 bits per heavy atom. The number of aryl methyl sites for hydroxylation is 3. The van der Waals surface area contributed by atoms with Crippen molar-refractivity contribution in [2.24, 2.45) is 0 Å². The Balaban J connectivity index is 0.000000241. The number of fused-ring (bicyclic) bond motifs is 4. The quantitative estimate of drug-likeness (QED) is 0.167. The summed E-state index contributed by atoms with van der Waals surface area (Å²) in [5, 5.41) is 5.62. The SMILES string of the molecule is Cc1ccc(-c2[c-]cccc2)nc1.Cc1cccc(C)c1-c1cnc(-c2[c-]ccc3c2oc2cc4sccc4cc23)cc1C(C)(C)C.[Ir]. The van der Waals surface area contributed by atoms with Crippen LogP contribution in [0.2, 0.25) is 0 Å². The fraction of sp³-hybridized carbons (Fsp3) is 0.163. The van der Waals surface area contributed by atoms with E-state index in [0.717, 1.165) is 44.5 Å². The second kappa shape index (κ2) is 13.6. The molecule has 0 bridgehead atoms. The number of furan rings is 1. The van der Waals surface area contributed by atoms with E-state index in [2.05, 4.69) is 112 Å². The molecule has 4 aromatic heterocycles. The van der Waals surface area contributed by atoms with Gasteiger partial charge in [-0.15, -0.1) is 65.4 Å². The average molecular weight is 821 g/mol. The van der Waals surface area contributed by atoms with Crippen LogP contribution in [0.25, 0.3) is 65.7 Å². The fourth-order valence-corrected chi connectivity index (χ4v) is 7.02. The molecule has 0 aliphatic heterocycles. The molecule has 48 heavy (non-hydrogen) atoms. The Kier molecular flexibility index (Phi) is 9.49. The molecule has 0 saturated heterocycles. The molecule has 0 aliphatic carbocycles. The largest absolute Gasteiger partial charge is 0.501 e. The van der Waals surface area contributed by atoms with Crippen LogP contribution < -0.4 is 0 Å². The molecule has 0 unspecified atom stereocenters. The Labute approximate surface area is 300 Å². The van der Waals surface area contributed by atoms with Crippen LogP contribution in [0.3, 0.4) is 0 Å². The molecular formula is C43H36IrN2OS-2. The molecular weight excluding hydrogens is 785 g/mol. The monoisotopic (exact) mass is 821 g/mol. The Bertz CT molecular complexity index is 2340. The average Bonchev–Trinajstić information content (AvgIpc) is 3.68. The second-order valence-electron chi connectivity index (χ2n) is 13.1. The minimum atomic E-state index is -0.0477. The van der Waals surface area contributed by atoms with E-state index >= 15 is 0 Å². The van der Waals surface area contributed by atoms with Crippen molar-refractivity contribution in [3.8, 4) is 33.6 Å². The summed E-state index contributed by atoms with van der Waals surface area (Å²) in [7, 11) is 0. The van der Waals surface area contributed by atoms with Gasteiger partial charge in [0.2, 0.25) is 0 Å². The van der Waals surface area contributed by atoms with Crippen LogP contribution in [-0.4, -0.2) is 9.97 Å². The summed E-state index contributed by atoms with van der Waals surface area (Å²) in [5.41, 5.74) is 13.0. The summed E-state index contributed by atoms with van der Waals surface area (Å²) in [6.07, 6.45) is 3.91. The van der Waals surface area contributed by atoms with Gasteiger partial charge in [0.15, 0.2) is 0 Å². The first-order valence-electron chi connectivity index (χ1n) is 15.9. The molecule has 0 N–H and O–H groups in total. The number of hydrogen-bond donors (Lipinski definition) is 0. The van der Waals surface area contributed by atoms with Crippen molar-refractivity contribution >= 4 is 43.4 Å². The van der Waals surface area contributed by atoms with E-state index in [9.17, 15) is 0 Å². The van der Waals surface area contributed by atoms with Gasteiger partial charge in [-0.25, -0.2) is 0 Å². The number of hydrogen-bond acceptors (Lipinski definition) is 4. The van der Waals surface area contributed by atoms with Gasteiger partial charge in [0.1, 0.15) is 5.58 Å². The number of benzene rings is 4. The standard InChI is InChI=1S/C31H26NOS.C12H10N.Ir/c1-18-8-6-9-19(2)29(18)24-17-32-26(15-25(24)31(3,4)5)22-11-7-10-21-23-14-20-12-13-34-28(20)16-27(23)33-30(21)22;1-10-7-8-12(13-9-10)11-5-3-2-4-6-11;/h6-10,12-17H,1-5H3;2-5,7-9H,1H3;/q2*-1;. The van der Waals surface area contributed by atoms with Gasteiger partial charge in [-0.05, 0) is 94.4 Å². The minimum Gasteiger partial charge on any atom is -0.501 e. The van der Waals surface area contributed by atoms with Crippen LogP contribution in [0.5, 0.6) is 0 Å². The van der Waals surface area contributed by atoms with Gasteiger partial charge in [0.05, 0.1) is 5.58 Å². The number of nitrogens with zero attached hydrogens (tertiary/aromatic N) is 2. The summed E-state index contributed by atoms with van der Waals surface area (Å²) in [4.78, 5) is 9.28. The van der Waals surface area contributed by atoms with Crippen molar-refractivity contribution in [1.82, 2.24) is 9.97 Å². The molecule has 0 spiro atoms. The Morgan fingerprint density at radius 1 is 0.729 bits per heavy atom. The number of rotatable bonds is 3. The molecule has 0 fully saturated rings. The van der Waals surface area contributed by atoms with E-state index in [1.807, 2.05) is 55.7 Å². The number of pyridine rings is 2. The molecule has 4 heterocycles. The zero-order valence-electron chi connectivity index (χ0n) is 27.9. The van der Waals surface area contributed by atoms with Crippen molar-refractivity contribution in [3.05, 3.63) is 143 Å². The maximum Gasteiger partial charge on any atom is 0.122 e. The third-order valence-electron chi connectivity index (χ3n) is 8.62. The molecule has 0 aliphatic rings. The van der Waals surface area contributed by atoms with Gasteiger partial charge in [-0.2, -0.15) is 0 Å². The van der Waals surface area contributed by atoms with Crippen LogP contribution in [0.4, 0.5) is 0 Å². The second-order valence-corrected chi connectivity index (χ2v) is 14.1. The van der Waals surface area contributed by atoms with Crippen LogP contribution in [0.15, 0.2) is 113 Å². The third-order valence-corrected chi connectivity index (χ3v) is 9.50. The van der Waals surface area contributed by atoms with Gasteiger partial charge in [-0.3, -0.25) is 0 Å². The number of thiophene rings is 1. The van der Waals surface area contributed by atoms with E-state index in [4.69, 9.17) is 9.40 Å². The molecule has 8 rings (SSSR count). The van der Waals surface area contributed by atoms with Gasteiger partial charge in [-0.1, -0.05) is 68.1 Å². The summed E-state index contributed by atoms with van der Waals surface area (Å²) in [5.74, 6) is 0. The zero-order chi connectivity index (χ0) is 32.7. The van der Waals surface area contributed by atoms with Crippen molar-refractivity contribution < 1.29 is 24.5 Å². The van der Waals surface area contributed by atoms with E-state index in [0.29, 0.717) is 0 Å². The smallest absolute Gasteiger partial charge is 0.122 e. The molecule has 5 heteroatoms. The Hall–Kier alpha value is -4.41. The predicted molar refractivity (Wildman–Crippen MR) is 198 cm³/mol. The van der Waals surface area contributed by atoms with Gasteiger partial charge < -0.3 is 14.4 Å². The molecule has 8 aromatic rings. The summed E-state index contributed by atoms with van der Waals surface area (Å²) >= 11 is 1.74. The van der Waals surface area contributed by atoms with Crippen molar-refractivity contribution in [1.29, 1.82) is 0 Å². The van der Waals surface area contributed by atoms with E-state index < -0.39 is 0 Å². The van der Waals surface area contributed by atoms with E-state index in [1.165, 1.54) is 43.5 Å². The molecule has 0 atom stereocenters. The van der Waals surface area contributed by atoms with E-state index in [-0.39, 0.29) is 25.5 Å². The van der Waals surface area contributed by atoms with Gasteiger partial charge in [0, 0.05) is 48.1 Å². The third kappa shape index (κ3) is 6.51. The van der Waals surface area contributed by atoms with Gasteiger partial charge >= 0.3 is 0 Å². The van der Waals surface area contributed by atoms with Crippen LogP contribution >= 0.6 is 11.3 Å². The Morgan fingerprint density at radius 3 is 2.23 bits per heavy atom. The van der Waals surface area contributed by atoms with Crippen molar-refractivity contribution in [2.75, 3.05) is 0 Å². The maximum absolute atomic E-state index is 6.43. The van der Waals surface area contributed by atoms with Crippen LogP contribution in [-0.2, 0) is 25.5 Å².